The molecule has 6 heteroatoms. The summed E-state index contributed by atoms with van der Waals surface area (Å²) in [7, 11) is 0. The first kappa shape index (κ1) is 22.6. The summed E-state index contributed by atoms with van der Waals surface area (Å²) in [6.45, 7) is 6.22. The summed E-state index contributed by atoms with van der Waals surface area (Å²) in [6.07, 6.45) is 4.76. The van der Waals surface area contributed by atoms with Crippen LogP contribution in [-0.4, -0.2) is 23.3 Å². The number of benzene rings is 2. The van der Waals surface area contributed by atoms with Gasteiger partial charge in [-0.1, -0.05) is 36.9 Å². The van der Waals surface area contributed by atoms with Gasteiger partial charge in [-0.05, 0) is 49.6 Å². The molecule has 0 heterocycles. The highest BCUT2D eigenvalue weighted by molar-refractivity contribution is 8.13. The number of rotatable bonds is 12. The molecule has 0 saturated carbocycles. The number of ether oxygens (including phenoxy) is 2. The first-order valence-electron chi connectivity index (χ1n) is 9.68. The van der Waals surface area contributed by atoms with Crippen molar-refractivity contribution in [1.82, 2.24) is 0 Å². The van der Waals surface area contributed by atoms with Gasteiger partial charge in [0.2, 0.25) is 0 Å². The number of amidine groups is 1. The van der Waals surface area contributed by atoms with Crippen molar-refractivity contribution in [3.8, 4) is 17.2 Å². The van der Waals surface area contributed by atoms with Gasteiger partial charge < -0.3 is 15.2 Å². The maximum absolute atomic E-state index is 11.8. The summed E-state index contributed by atoms with van der Waals surface area (Å²) in [5, 5.41) is 7.37. The monoisotopic (exact) mass is 412 g/mol. The number of unbranched alkanes of at least 4 members (excludes halogenated alkanes) is 1. The van der Waals surface area contributed by atoms with E-state index in [1.165, 1.54) is 11.8 Å². The van der Waals surface area contributed by atoms with Gasteiger partial charge in [-0.25, -0.2) is 0 Å². The Bertz CT molecular complexity index is 835. The molecule has 29 heavy (non-hydrogen) atoms. The Morgan fingerprint density at radius 3 is 2.62 bits per heavy atom. The van der Waals surface area contributed by atoms with Crippen molar-refractivity contribution in [1.29, 1.82) is 5.41 Å². The molecular formula is C23H28N2O3S. The van der Waals surface area contributed by atoms with Gasteiger partial charge in [-0.15, -0.1) is 6.58 Å². The van der Waals surface area contributed by atoms with E-state index < -0.39 is 0 Å². The highest BCUT2D eigenvalue weighted by Crippen LogP contribution is 2.35. The molecule has 3 N–H and O–H groups in total. The average molecular weight is 413 g/mol. The van der Waals surface area contributed by atoms with Gasteiger partial charge in [-0.2, -0.15) is 0 Å². The molecule has 154 valence electrons. The van der Waals surface area contributed by atoms with Gasteiger partial charge in [-0.3, -0.25) is 10.2 Å². The quantitative estimate of drug-likeness (QED) is 0.156. The molecule has 0 unspecified atom stereocenters. The van der Waals surface area contributed by atoms with Crippen LogP contribution in [0.3, 0.4) is 0 Å². The van der Waals surface area contributed by atoms with E-state index in [2.05, 4.69) is 6.58 Å². The number of carbonyl (C=O) groups is 1. The second-order valence-corrected chi connectivity index (χ2v) is 7.55. The maximum atomic E-state index is 11.8. The number of hydrogen-bond acceptors (Lipinski definition) is 5. The lowest BCUT2D eigenvalue weighted by Crippen LogP contribution is -2.06. The first-order valence-corrected chi connectivity index (χ1v) is 10.7. The minimum atomic E-state index is 0.108. The summed E-state index contributed by atoms with van der Waals surface area (Å²) in [5.74, 6) is 2.91. The fourth-order valence-electron chi connectivity index (χ4n) is 2.72. The van der Waals surface area contributed by atoms with Crippen LogP contribution in [-0.2, 0) is 6.42 Å². The second kappa shape index (κ2) is 12.0. The highest BCUT2D eigenvalue weighted by Gasteiger charge is 2.12. The lowest BCUT2D eigenvalue weighted by molar-refractivity contribution is 0.0988. The zero-order valence-corrected chi connectivity index (χ0v) is 17.6. The number of thioether (sulfide) groups is 1. The molecule has 0 amide bonds. The van der Waals surface area contributed by atoms with Crippen LogP contribution in [0.1, 0.15) is 42.1 Å². The predicted molar refractivity (Wildman–Crippen MR) is 121 cm³/mol. The Balaban J connectivity index is 2.08. The molecule has 5 nitrogen and oxygen atoms in total. The number of para-hydroxylation sites is 1. The minimum Gasteiger partial charge on any atom is -0.489 e. The van der Waals surface area contributed by atoms with Crippen molar-refractivity contribution in [2.24, 2.45) is 5.73 Å². The van der Waals surface area contributed by atoms with E-state index in [9.17, 15) is 4.79 Å². The standard InChI is InChI=1S/C23H28N2O3S/c1-3-8-18-9-7-10-21(22(18)27-15-5-6-16-29-23(24)25)28-19-13-11-17(12-14-19)20(26)4-2/h3,7,9-14H,1,4-6,8,15-16H2,2H3,(H3,24,25). The third-order valence-electron chi connectivity index (χ3n) is 4.19. The topological polar surface area (TPSA) is 85.4 Å². The molecule has 0 aromatic heterocycles. The number of hydrogen-bond donors (Lipinski definition) is 2. The molecule has 0 saturated heterocycles. The van der Waals surface area contributed by atoms with Crippen molar-refractivity contribution >= 4 is 22.7 Å². The number of nitrogens with one attached hydrogen (secondary N) is 1. The minimum absolute atomic E-state index is 0.108. The number of allylic oxidation sites excluding steroid dienone is 1. The maximum Gasteiger partial charge on any atom is 0.169 e. The number of carbonyl (C=O) groups excluding carboxylic acids is 1. The van der Waals surface area contributed by atoms with Crippen LogP contribution in [0.15, 0.2) is 55.1 Å². The van der Waals surface area contributed by atoms with Crippen molar-refractivity contribution in [2.45, 2.75) is 32.6 Å². The molecule has 0 bridgehead atoms. The Hall–Kier alpha value is -2.73. The zero-order valence-electron chi connectivity index (χ0n) is 16.8. The number of Topliss-reactive ketones (excluding diaryl/α,β-unsaturated/α-hetero) is 1. The average Bonchev–Trinajstić information content (AvgIpc) is 2.72. The highest BCUT2D eigenvalue weighted by atomic mass is 32.2. The first-order chi connectivity index (χ1) is 14.0. The predicted octanol–water partition coefficient (Wildman–Crippen LogP) is 5.59. The lowest BCUT2D eigenvalue weighted by atomic mass is 10.1. The van der Waals surface area contributed by atoms with Crippen LogP contribution in [0, 0.1) is 5.41 Å². The fraction of sp³-hybridized carbons (Fsp3) is 0.304. The van der Waals surface area contributed by atoms with Gasteiger partial charge in [0.1, 0.15) is 5.75 Å². The van der Waals surface area contributed by atoms with E-state index in [1.807, 2.05) is 31.2 Å². The van der Waals surface area contributed by atoms with E-state index in [0.29, 0.717) is 42.3 Å². The van der Waals surface area contributed by atoms with Crippen LogP contribution in [0.2, 0.25) is 0 Å². The third kappa shape index (κ3) is 7.31. The van der Waals surface area contributed by atoms with Crippen molar-refractivity contribution in [3.63, 3.8) is 0 Å². The number of ketones is 1. The van der Waals surface area contributed by atoms with Crippen LogP contribution < -0.4 is 15.2 Å². The van der Waals surface area contributed by atoms with Gasteiger partial charge in [0, 0.05) is 23.3 Å². The van der Waals surface area contributed by atoms with Crippen LogP contribution in [0.4, 0.5) is 0 Å². The summed E-state index contributed by atoms with van der Waals surface area (Å²) >= 11 is 1.34. The molecule has 2 rings (SSSR count). The van der Waals surface area contributed by atoms with E-state index in [4.69, 9.17) is 20.6 Å². The molecule has 0 fully saturated rings. The zero-order chi connectivity index (χ0) is 21.1. The summed E-state index contributed by atoms with van der Waals surface area (Å²) in [4.78, 5) is 11.8. The Labute approximate surface area is 176 Å². The normalized spacial score (nSPS) is 10.4. The van der Waals surface area contributed by atoms with Gasteiger partial charge in [0.25, 0.3) is 0 Å². The SMILES string of the molecule is C=CCc1cccc(Oc2ccc(C(=O)CC)cc2)c1OCCCCSC(=N)N. The lowest BCUT2D eigenvalue weighted by Gasteiger charge is -2.16. The Kier molecular flexibility index (Phi) is 9.31. The van der Waals surface area contributed by atoms with E-state index in [0.717, 1.165) is 24.2 Å². The third-order valence-corrected chi connectivity index (χ3v) is 5.00. The second-order valence-electron chi connectivity index (χ2n) is 6.41. The Morgan fingerprint density at radius 2 is 1.97 bits per heavy atom. The van der Waals surface area contributed by atoms with Crippen molar-refractivity contribution in [3.05, 3.63) is 66.2 Å². The summed E-state index contributed by atoms with van der Waals surface area (Å²) in [6, 6.07) is 13.0. The number of nitrogens with two attached hydrogens (primary N) is 1. The molecule has 0 atom stereocenters. The molecule has 2 aromatic rings. The summed E-state index contributed by atoms with van der Waals surface area (Å²) < 4.78 is 12.1. The van der Waals surface area contributed by atoms with E-state index in [-0.39, 0.29) is 11.0 Å². The van der Waals surface area contributed by atoms with Gasteiger partial charge >= 0.3 is 0 Å². The van der Waals surface area contributed by atoms with E-state index in [1.54, 1.807) is 24.3 Å². The van der Waals surface area contributed by atoms with E-state index >= 15 is 0 Å². The fourth-order valence-corrected chi connectivity index (χ4v) is 3.29. The molecule has 0 aliphatic heterocycles. The molecule has 0 aliphatic carbocycles. The van der Waals surface area contributed by atoms with Crippen molar-refractivity contribution in [2.75, 3.05) is 12.4 Å². The largest absolute Gasteiger partial charge is 0.489 e. The summed E-state index contributed by atoms with van der Waals surface area (Å²) in [5.41, 5.74) is 7.04. The molecular weight excluding hydrogens is 384 g/mol. The molecule has 0 radical (unpaired) electrons. The van der Waals surface area contributed by atoms with Crippen molar-refractivity contribution < 1.29 is 14.3 Å². The molecule has 0 aliphatic rings. The van der Waals surface area contributed by atoms with Gasteiger partial charge in [0.05, 0.1) is 6.61 Å². The van der Waals surface area contributed by atoms with Crippen LogP contribution in [0.5, 0.6) is 17.2 Å². The smallest absolute Gasteiger partial charge is 0.169 e. The van der Waals surface area contributed by atoms with Crippen LogP contribution in [0.25, 0.3) is 0 Å². The molecule has 0 spiro atoms. The van der Waals surface area contributed by atoms with Crippen LogP contribution >= 0.6 is 11.8 Å². The van der Waals surface area contributed by atoms with Gasteiger partial charge in [0.15, 0.2) is 22.4 Å². The Morgan fingerprint density at radius 1 is 1.21 bits per heavy atom. The molecule has 2 aromatic carbocycles.